The molecule has 0 saturated carbocycles. The maximum Gasteiger partial charge on any atom is 0.296 e. The van der Waals surface area contributed by atoms with Crippen molar-refractivity contribution in [3.05, 3.63) is 18.0 Å². The van der Waals surface area contributed by atoms with Crippen molar-refractivity contribution in [1.29, 1.82) is 0 Å². The number of hydroxylamine groups is 2. The van der Waals surface area contributed by atoms with E-state index in [2.05, 4.69) is 4.98 Å². The zero-order chi connectivity index (χ0) is 12.1. The van der Waals surface area contributed by atoms with Crippen LogP contribution in [0.1, 0.15) is 17.4 Å². The molecule has 0 aromatic carbocycles. The Bertz CT molecular complexity index is 387. The maximum absolute atomic E-state index is 11.9. The number of thioether (sulfide) groups is 1. The van der Waals surface area contributed by atoms with Gasteiger partial charge in [0, 0.05) is 18.1 Å². The van der Waals surface area contributed by atoms with Gasteiger partial charge in [-0.05, 0) is 5.75 Å². The molecular weight excluding hydrogens is 223 g/mol. The minimum Gasteiger partial charge on any atom is -0.274 e. The van der Waals surface area contributed by atoms with E-state index in [1.54, 1.807) is 13.1 Å². The van der Waals surface area contributed by atoms with Gasteiger partial charge in [-0.1, -0.05) is 18.5 Å². The number of hydrogen-bond donors (Lipinski definition) is 0. The number of aromatic nitrogens is 1. The predicted molar refractivity (Wildman–Crippen MR) is 65.1 cm³/mol. The Hall–Kier alpha value is -1.01. The SMILES string of the molecule is [B]c1cnc(C(=O)N(C)OC)c(SCC)c1. The molecule has 0 atom stereocenters. The van der Waals surface area contributed by atoms with Crippen molar-refractivity contribution < 1.29 is 9.63 Å². The van der Waals surface area contributed by atoms with Gasteiger partial charge in [0.2, 0.25) is 0 Å². The van der Waals surface area contributed by atoms with Crippen LogP contribution in [0, 0.1) is 0 Å². The molecule has 0 unspecified atom stereocenters. The molecule has 0 aliphatic rings. The van der Waals surface area contributed by atoms with E-state index in [0.717, 1.165) is 15.7 Å². The van der Waals surface area contributed by atoms with Gasteiger partial charge >= 0.3 is 0 Å². The minimum absolute atomic E-state index is 0.279. The summed E-state index contributed by atoms with van der Waals surface area (Å²) in [7, 11) is 8.61. The Morgan fingerprint density at radius 3 is 2.94 bits per heavy atom. The minimum atomic E-state index is -0.279. The number of carbonyl (C=O) groups excluding carboxylic acids is 1. The molecule has 1 rings (SSSR count). The lowest BCUT2D eigenvalue weighted by atomic mass is 9.99. The third kappa shape index (κ3) is 2.99. The van der Waals surface area contributed by atoms with Crippen molar-refractivity contribution >= 4 is 31.0 Å². The first-order chi connectivity index (χ1) is 7.60. The molecular formula is C10H13BN2O2S. The largest absolute Gasteiger partial charge is 0.296 e. The van der Waals surface area contributed by atoms with Crippen LogP contribution in [0.3, 0.4) is 0 Å². The van der Waals surface area contributed by atoms with Crippen LogP contribution in [-0.2, 0) is 4.84 Å². The highest BCUT2D eigenvalue weighted by molar-refractivity contribution is 7.99. The third-order valence-electron chi connectivity index (χ3n) is 1.94. The molecule has 0 aliphatic carbocycles. The van der Waals surface area contributed by atoms with Crippen LogP contribution in [0.5, 0.6) is 0 Å². The monoisotopic (exact) mass is 236 g/mol. The van der Waals surface area contributed by atoms with Crippen molar-refractivity contribution in [2.45, 2.75) is 11.8 Å². The second kappa shape index (κ2) is 5.91. The number of pyridine rings is 1. The Morgan fingerprint density at radius 1 is 1.69 bits per heavy atom. The topological polar surface area (TPSA) is 42.4 Å². The smallest absolute Gasteiger partial charge is 0.274 e. The zero-order valence-corrected chi connectivity index (χ0v) is 10.4. The summed E-state index contributed by atoms with van der Waals surface area (Å²) in [6.45, 7) is 2.00. The van der Waals surface area contributed by atoms with Gasteiger partial charge in [-0.2, -0.15) is 0 Å². The van der Waals surface area contributed by atoms with Crippen LogP contribution in [0.25, 0.3) is 0 Å². The first-order valence-corrected chi connectivity index (χ1v) is 5.79. The lowest BCUT2D eigenvalue weighted by Crippen LogP contribution is -2.27. The van der Waals surface area contributed by atoms with E-state index in [-0.39, 0.29) is 5.91 Å². The van der Waals surface area contributed by atoms with Crippen molar-refractivity contribution in [1.82, 2.24) is 10.0 Å². The number of amides is 1. The number of nitrogens with zero attached hydrogens (tertiary/aromatic N) is 2. The van der Waals surface area contributed by atoms with Crippen molar-refractivity contribution in [2.24, 2.45) is 0 Å². The van der Waals surface area contributed by atoms with Gasteiger partial charge in [0.1, 0.15) is 13.5 Å². The molecule has 0 spiro atoms. The molecule has 1 heterocycles. The second-order valence-corrected chi connectivity index (χ2v) is 4.34. The summed E-state index contributed by atoms with van der Waals surface area (Å²) in [5, 5.41) is 1.14. The average Bonchev–Trinajstić information content (AvgIpc) is 2.28. The fraction of sp³-hybridized carbons (Fsp3) is 0.400. The first kappa shape index (κ1) is 13.1. The summed E-state index contributed by atoms with van der Waals surface area (Å²) in [4.78, 5) is 21.5. The Labute approximate surface area is 101 Å². The van der Waals surface area contributed by atoms with E-state index in [1.807, 2.05) is 6.92 Å². The van der Waals surface area contributed by atoms with Crippen molar-refractivity contribution in [3.8, 4) is 0 Å². The maximum atomic E-state index is 11.9. The zero-order valence-electron chi connectivity index (χ0n) is 9.56. The third-order valence-corrected chi connectivity index (χ3v) is 2.85. The quantitative estimate of drug-likeness (QED) is 0.436. The number of carbonyl (C=O) groups is 1. The molecule has 16 heavy (non-hydrogen) atoms. The molecule has 6 heteroatoms. The van der Waals surface area contributed by atoms with Crippen LogP contribution >= 0.6 is 11.8 Å². The van der Waals surface area contributed by atoms with E-state index < -0.39 is 0 Å². The van der Waals surface area contributed by atoms with Crippen LogP contribution in [-0.4, -0.2) is 43.7 Å². The summed E-state index contributed by atoms with van der Waals surface area (Å²) >= 11 is 1.53. The van der Waals surface area contributed by atoms with Crippen molar-refractivity contribution in [2.75, 3.05) is 19.9 Å². The van der Waals surface area contributed by atoms with E-state index in [4.69, 9.17) is 12.7 Å². The van der Waals surface area contributed by atoms with Gasteiger partial charge in [0.15, 0.2) is 0 Å². The van der Waals surface area contributed by atoms with Gasteiger partial charge in [0.25, 0.3) is 5.91 Å². The molecule has 1 aromatic rings. The van der Waals surface area contributed by atoms with Gasteiger partial charge in [-0.25, -0.2) is 5.06 Å². The van der Waals surface area contributed by atoms with Crippen LogP contribution < -0.4 is 5.46 Å². The van der Waals surface area contributed by atoms with Gasteiger partial charge in [-0.3, -0.25) is 14.6 Å². The summed E-state index contributed by atoms with van der Waals surface area (Å²) in [5.41, 5.74) is 0.915. The van der Waals surface area contributed by atoms with E-state index in [0.29, 0.717) is 11.2 Å². The molecule has 4 nitrogen and oxygen atoms in total. The Kier molecular flexibility index (Phi) is 4.83. The normalized spacial score (nSPS) is 10.2. The predicted octanol–water partition coefficient (Wildman–Crippen LogP) is 0.621. The van der Waals surface area contributed by atoms with E-state index >= 15 is 0 Å². The summed E-state index contributed by atoms with van der Waals surface area (Å²) < 4.78 is 0. The molecule has 0 fully saturated rings. The summed E-state index contributed by atoms with van der Waals surface area (Å²) in [6.07, 6.45) is 1.47. The molecule has 0 saturated heterocycles. The Morgan fingerprint density at radius 2 is 2.38 bits per heavy atom. The fourth-order valence-electron chi connectivity index (χ4n) is 1.12. The molecule has 0 bridgehead atoms. The average molecular weight is 236 g/mol. The molecule has 0 N–H and O–H groups in total. The second-order valence-electron chi connectivity index (χ2n) is 3.03. The highest BCUT2D eigenvalue weighted by Crippen LogP contribution is 2.20. The fourth-order valence-corrected chi connectivity index (χ4v) is 1.93. The van der Waals surface area contributed by atoms with E-state index in [9.17, 15) is 4.79 Å². The van der Waals surface area contributed by atoms with Gasteiger partial charge in [-0.15, -0.1) is 11.8 Å². The van der Waals surface area contributed by atoms with Crippen molar-refractivity contribution in [3.63, 3.8) is 0 Å². The lowest BCUT2D eigenvalue weighted by Gasteiger charge is -2.15. The van der Waals surface area contributed by atoms with Gasteiger partial charge < -0.3 is 0 Å². The van der Waals surface area contributed by atoms with Crippen LogP contribution in [0.15, 0.2) is 17.2 Å². The molecule has 84 valence electrons. The summed E-state index contributed by atoms with van der Waals surface area (Å²) in [5.74, 6) is 0.570. The highest BCUT2D eigenvalue weighted by atomic mass is 32.2. The molecule has 1 amide bonds. The lowest BCUT2D eigenvalue weighted by molar-refractivity contribution is -0.0762. The van der Waals surface area contributed by atoms with Crippen LogP contribution in [0.2, 0.25) is 0 Å². The molecule has 1 aromatic heterocycles. The standard InChI is InChI=1S/C10H13BN2O2S/c1-4-16-8-5-7(11)6-12-9(8)10(14)13(2)15-3/h5-6H,4H2,1-3H3. The van der Waals surface area contributed by atoms with E-state index in [1.165, 1.54) is 25.1 Å². The molecule has 0 aliphatic heterocycles. The highest BCUT2D eigenvalue weighted by Gasteiger charge is 2.17. The summed E-state index contributed by atoms with van der Waals surface area (Å²) in [6, 6.07) is 1.75. The van der Waals surface area contributed by atoms with Gasteiger partial charge in [0.05, 0.1) is 7.11 Å². The molecule has 2 radical (unpaired) electrons. The number of rotatable bonds is 4. The van der Waals surface area contributed by atoms with Crippen LogP contribution in [0.4, 0.5) is 0 Å². The first-order valence-electron chi connectivity index (χ1n) is 4.80. The Balaban J connectivity index is 3.06. The number of hydrogen-bond acceptors (Lipinski definition) is 4.